The number of ether oxygens (including phenoxy) is 1. The zero-order chi connectivity index (χ0) is 8.93. The molecule has 0 aromatic heterocycles. The molecule has 0 spiro atoms. The maximum atomic E-state index is 5.72. The van der Waals surface area contributed by atoms with Crippen LogP contribution in [-0.2, 0) is 4.74 Å². The van der Waals surface area contributed by atoms with Crippen molar-refractivity contribution in [1.82, 2.24) is 0 Å². The van der Waals surface area contributed by atoms with E-state index in [0.717, 1.165) is 17.8 Å². The summed E-state index contributed by atoms with van der Waals surface area (Å²) in [6, 6.07) is 0. The van der Waals surface area contributed by atoms with E-state index in [4.69, 9.17) is 4.74 Å². The lowest BCUT2D eigenvalue weighted by Crippen LogP contribution is -2.31. The third kappa shape index (κ3) is 1.19. The standard InChI is InChI=1S/C11H20O/c1-7(2)9-5-10-11(4,12-10)6-8(9)3/h7-10H,5-6H2,1-4H3. The van der Waals surface area contributed by atoms with Crippen LogP contribution in [0.5, 0.6) is 0 Å². The minimum absolute atomic E-state index is 0.283. The van der Waals surface area contributed by atoms with Crippen molar-refractivity contribution in [3.8, 4) is 0 Å². The summed E-state index contributed by atoms with van der Waals surface area (Å²) in [7, 11) is 0. The fourth-order valence-electron chi connectivity index (χ4n) is 2.97. The van der Waals surface area contributed by atoms with Crippen molar-refractivity contribution >= 4 is 0 Å². The first kappa shape index (κ1) is 8.55. The zero-order valence-corrected chi connectivity index (χ0v) is 8.63. The summed E-state index contributed by atoms with van der Waals surface area (Å²) >= 11 is 0. The smallest absolute Gasteiger partial charge is 0.0923 e. The predicted octanol–water partition coefficient (Wildman–Crippen LogP) is 2.85. The molecule has 1 heteroatoms. The number of epoxide rings is 1. The minimum atomic E-state index is 0.283. The van der Waals surface area contributed by atoms with Crippen LogP contribution in [0.3, 0.4) is 0 Å². The molecule has 0 aromatic carbocycles. The van der Waals surface area contributed by atoms with Crippen LogP contribution < -0.4 is 0 Å². The molecule has 0 bridgehead atoms. The van der Waals surface area contributed by atoms with Gasteiger partial charge >= 0.3 is 0 Å². The Hall–Kier alpha value is -0.0400. The van der Waals surface area contributed by atoms with Crippen LogP contribution in [0.25, 0.3) is 0 Å². The van der Waals surface area contributed by atoms with Gasteiger partial charge in [0.25, 0.3) is 0 Å². The maximum Gasteiger partial charge on any atom is 0.0923 e. The fraction of sp³-hybridized carbons (Fsp3) is 1.00. The van der Waals surface area contributed by atoms with Crippen molar-refractivity contribution in [2.75, 3.05) is 0 Å². The molecule has 1 saturated heterocycles. The van der Waals surface area contributed by atoms with Gasteiger partial charge < -0.3 is 4.74 Å². The van der Waals surface area contributed by atoms with E-state index in [1.165, 1.54) is 12.8 Å². The third-order valence-corrected chi connectivity index (χ3v) is 3.84. The Labute approximate surface area is 75.5 Å². The number of rotatable bonds is 1. The second-order valence-electron chi connectivity index (χ2n) is 5.24. The normalized spacial score (nSPS) is 52.2. The molecular weight excluding hydrogens is 148 g/mol. The van der Waals surface area contributed by atoms with E-state index in [9.17, 15) is 0 Å². The topological polar surface area (TPSA) is 12.5 Å². The van der Waals surface area contributed by atoms with Gasteiger partial charge in [0.2, 0.25) is 0 Å². The van der Waals surface area contributed by atoms with Gasteiger partial charge in [0, 0.05) is 0 Å². The van der Waals surface area contributed by atoms with Gasteiger partial charge in [-0.15, -0.1) is 0 Å². The fourth-order valence-corrected chi connectivity index (χ4v) is 2.97. The van der Waals surface area contributed by atoms with Gasteiger partial charge in [-0.25, -0.2) is 0 Å². The summed E-state index contributed by atoms with van der Waals surface area (Å²) in [5.74, 6) is 2.58. The molecule has 0 aromatic rings. The largest absolute Gasteiger partial charge is 0.366 e. The molecule has 0 N–H and O–H groups in total. The van der Waals surface area contributed by atoms with Crippen molar-refractivity contribution in [1.29, 1.82) is 0 Å². The first-order valence-electron chi connectivity index (χ1n) is 5.21. The number of hydrogen-bond donors (Lipinski definition) is 0. The highest BCUT2D eigenvalue weighted by Crippen LogP contribution is 2.52. The lowest BCUT2D eigenvalue weighted by Gasteiger charge is -2.32. The van der Waals surface area contributed by atoms with Crippen molar-refractivity contribution < 1.29 is 4.74 Å². The van der Waals surface area contributed by atoms with Crippen LogP contribution in [0.15, 0.2) is 0 Å². The number of fused-ring (bicyclic) bond motifs is 1. The summed E-state index contributed by atoms with van der Waals surface area (Å²) in [6.07, 6.45) is 3.18. The molecule has 1 nitrogen and oxygen atoms in total. The monoisotopic (exact) mass is 168 g/mol. The van der Waals surface area contributed by atoms with Gasteiger partial charge in [-0.2, -0.15) is 0 Å². The molecule has 70 valence electrons. The van der Waals surface area contributed by atoms with Crippen LogP contribution in [0, 0.1) is 17.8 Å². The SMILES string of the molecule is CC(C)C1CC2OC2(C)CC1C. The molecule has 0 radical (unpaired) electrons. The van der Waals surface area contributed by atoms with E-state index in [1.54, 1.807) is 0 Å². The zero-order valence-electron chi connectivity index (χ0n) is 8.63. The van der Waals surface area contributed by atoms with Crippen molar-refractivity contribution in [2.24, 2.45) is 17.8 Å². The lowest BCUT2D eigenvalue weighted by molar-refractivity contribution is 0.192. The highest BCUT2D eigenvalue weighted by Gasteiger charge is 2.57. The van der Waals surface area contributed by atoms with E-state index in [-0.39, 0.29) is 5.60 Å². The van der Waals surface area contributed by atoms with E-state index in [1.807, 2.05) is 0 Å². The second kappa shape index (κ2) is 2.47. The summed E-state index contributed by atoms with van der Waals surface area (Å²) in [4.78, 5) is 0. The summed E-state index contributed by atoms with van der Waals surface area (Å²) in [6.45, 7) is 9.33. The van der Waals surface area contributed by atoms with Crippen molar-refractivity contribution in [2.45, 2.75) is 52.2 Å². The van der Waals surface area contributed by atoms with Crippen molar-refractivity contribution in [3.63, 3.8) is 0 Å². The van der Waals surface area contributed by atoms with Crippen molar-refractivity contribution in [3.05, 3.63) is 0 Å². The summed E-state index contributed by atoms with van der Waals surface area (Å²) in [5.41, 5.74) is 0.283. The van der Waals surface area contributed by atoms with Gasteiger partial charge in [0.05, 0.1) is 11.7 Å². The highest BCUT2D eigenvalue weighted by molar-refractivity contribution is 5.05. The Morgan fingerprint density at radius 1 is 1.42 bits per heavy atom. The summed E-state index contributed by atoms with van der Waals surface area (Å²) in [5, 5.41) is 0. The van der Waals surface area contributed by atoms with E-state index < -0.39 is 0 Å². The van der Waals surface area contributed by atoms with E-state index in [2.05, 4.69) is 27.7 Å². The Balaban J connectivity index is 2.03. The Morgan fingerprint density at radius 2 is 2.08 bits per heavy atom. The predicted molar refractivity (Wildman–Crippen MR) is 50.0 cm³/mol. The van der Waals surface area contributed by atoms with Gasteiger partial charge in [0.15, 0.2) is 0 Å². The van der Waals surface area contributed by atoms with Gasteiger partial charge in [-0.1, -0.05) is 20.8 Å². The van der Waals surface area contributed by atoms with Crippen LogP contribution in [0.1, 0.15) is 40.5 Å². The van der Waals surface area contributed by atoms with Crippen LogP contribution in [-0.4, -0.2) is 11.7 Å². The second-order valence-corrected chi connectivity index (χ2v) is 5.24. The molecule has 2 aliphatic rings. The minimum Gasteiger partial charge on any atom is -0.366 e. The Kier molecular flexibility index (Phi) is 1.76. The quantitative estimate of drug-likeness (QED) is 0.548. The van der Waals surface area contributed by atoms with Gasteiger partial charge in [-0.3, -0.25) is 0 Å². The van der Waals surface area contributed by atoms with E-state index >= 15 is 0 Å². The van der Waals surface area contributed by atoms with Gasteiger partial charge in [-0.05, 0) is 37.5 Å². The molecule has 1 saturated carbocycles. The van der Waals surface area contributed by atoms with E-state index in [0.29, 0.717) is 6.10 Å². The molecule has 1 heterocycles. The molecule has 12 heavy (non-hydrogen) atoms. The molecule has 1 aliphatic carbocycles. The first-order valence-corrected chi connectivity index (χ1v) is 5.21. The van der Waals surface area contributed by atoms with Gasteiger partial charge in [0.1, 0.15) is 0 Å². The Bertz CT molecular complexity index is 187. The van der Waals surface area contributed by atoms with Crippen LogP contribution in [0.4, 0.5) is 0 Å². The molecule has 4 atom stereocenters. The molecular formula is C11H20O. The molecule has 1 aliphatic heterocycles. The average molecular weight is 168 g/mol. The molecule has 4 unspecified atom stereocenters. The first-order chi connectivity index (χ1) is 5.53. The highest BCUT2D eigenvalue weighted by atomic mass is 16.6. The molecule has 2 rings (SSSR count). The average Bonchev–Trinajstić information content (AvgIpc) is 2.56. The maximum absolute atomic E-state index is 5.72. The van der Waals surface area contributed by atoms with Crippen LogP contribution >= 0.6 is 0 Å². The molecule has 0 amide bonds. The lowest BCUT2D eigenvalue weighted by atomic mass is 9.71. The Morgan fingerprint density at radius 3 is 2.67 bits per heavy atom. The number of hydrogen-bond acceptors (Lipinski definition) is 1. The molecule has 2 fully saturated rings. The third-order valence-electron chi connectivity index (χ3n) is 3.84. The van der Waals surface area contributed by atoms with Crippen LogP contribution in [0.2, 0.25) is 0 Å². The summed E-state index contributed by atoms with van der Waals surface area (Å²) < 4.78 is 5.72.